The number of halogens is 1. The molecule has 2 atom stereocenters. The fraction of sp³-hybridized carbons (Fsp3) is 0.632. The number of likely N-dealkylation sites (tertiary alicyclic amines) is 1. The first kappa shape index (κ1) is 22.9. The average molecular weight is 432 g/mol. The first-order valence-electron chi connectivity index (χ1n) is 9.57. The third-order valence-corrected chi connectivity index (χ3v) is 7.17. The van der Waals surface area contributed by atoms with E-state index in [-0.39, 0.29) is 47.0 Å². The van der Waals surface area contributed by atoms with Crippen LogP contribution in [-0.4, -0.2) is 51.5 Å². The molecule has 1 aliphatic carbocycles. The molecule has 1 amide bonds. The van der Waals surface area contributed by atoms with Gasteiger partial charge in [0, 0.05) is 24.2 Å². The molecule has 1 saturated heterocycles. The molecule has 158 valence electrons. The molecule has 9 heteroatoms. The van der Waals surface area contributed by atoms with E-state index < -0.39 is 10.0 Å². The second-order valence-electron chi connectivity index (χ2n) is 7.61. The first-order chi connectivity index (χ1) is 12.9. The van der Waals surface area contributed by atoms with Crippen LogP contribution in [0.15, 0.2) is 23.1 Å². The van der Waals surface area contributed by atoms with Crippen molar-refractivity contribution in [2.24, 2.45) is 11.7 Å². The van der Waals surface area contributed by atoms with Crippen LogP contribution < -0.4 is 15.2 Å². The van der Waals surface area contributed by atoms with Crippen molar-refractivity contribution in [2.45, 2.75) is 56.0 Å². The highest BCUT2D eigenvalue weighted by molar-refractivity contribution is 7.89. The third-order valence-electron chi connectivity index (χ3n) is 5.63. The Labute approximate surface area is 173 Å². The van der Waals surface area contributed by atoms with E-state index >= 15 is 0 Å². The Morgan fingerprint density at radius 2 is 2.00 bits per heavy atom. The van der Waals surface area contributed by atoms with E-state index in [1.54, 1.807) is 17.0 Å². The molecule has 1 aliphatic heterocycles. The second-order valence-corrected chi connectivity index (χ2v) is 9.29. The van der Waals surface area contributed by atoms with Crippen LogP contribution in [0.5, 0.6) is 5.75 Å². The summed E-state index contributed by atoms with van der Waals surface area (Å²) in [6.45, 7) is 3.14. The van der Waals surface area contributed by atoms with E-state index in [2.05, 4.69) is 4.72 Å². The van der Waals surface area contributed by atoms with E-state index in [9.17, 15) is 13.2 Å². The van der Waals surface area contributed by atoms with Gasteiger partial charge >= 0.3 is 0 Å². The van der Waals surface area contributed by atoms with E-state index in [1.165, 1.54) is 13.2 Å². The Morgan fingerprint density at radius 1 is 1.32 bits per heavy atom. The van der Waals surface area contributed by atoms with E-state index in [4.69, 9.17) is 10.5 Å². The molecule has 1 aromatic rings. The van der Waals surface area contributed by atoms with Gasteiger partial charge in [-0.05, 0) is 56.8 Å². The van der Waals surface area contributed by atoms with Gasteiger partial charge in [-0.2, -0.15) is 0 Å². The lowest BCUT2D eigenvalue weighted by Crippen LogP contribution is -2.35. The predicted octanol–water partition coefficient (Wildman–Crippen LogP) is 2.15. The van der Waals surface area contributed by atoms with Crippen molar-refractivity contribution >= 4 is 28.3 Å². The summed E-state index contributed by atoms with van der Waals surface area (Å²) in [4.78, 5) is 14.8. The minimum Gasteiger partial charge on any atom is -0.495 e. The topological polar surface area (TPSA) is 102 Å². The van der Waals surface area contributed by atoms with E-state index in [0.717, 1.165) is 32.1 Å². The minimum absolute atomic E-state index is 0. The quantitative estimate of drug-likeness (QED) is 0.718. The van der Waals surface area contributed by atoms with Gasteiger partial charge in [0.25, 0.3) is 5.91 Å². The molecule has 0 bridgehead atoms. The van der Waals surface area contributed by atoms with Crippen molar-refractivity contribution in [1.82, 2.24) is 9.62 Å². The number of carbonyl (C=O) groups is 1. The molecule has 1 saturated carbocycles. The van der Waals surface area contributed by atoms with Crippen LogP contribution in [0, 0.1) is 5.92 Å². The summed E-state index contributed by atoms with van der Waals surface area (Å²) in [6, 6.07) is 4.64. The number of nitrogens with one attached hydrogen (secondary N) is 1. The summed E-state index contributed by atoms with van der Waals surface area (Å²) in [7, 11) is -2.33. The summed E-state index contributed by atoms with van der Waals surface area (Å²) in [5, 5.41) is 0. The number of ether oxygens (including phenoxy) is 1. The molecule has 3 N–H and O–H groups in total. The van der Waals surface area contributed by atoms with Crippen LogP contribution in [0.2, 0.25) is 0 Å². The summed E-state index contributed by atoms with van der Waals surface area (Å²) in [5.41, 5.74) is 6.11. The number of rotatable bonds is 6. The number of amides is 1. The molecule has 28 heavy (non-hydrogen) atoms. The van der Waals surface area contributed by atoms with Crippen molar-refractivity contribution in [3.63, 3.8) is 0 Å². The maximum Gasteiger partial charge on any atom is 0.254 e. The Morgan fingerprint density at radius 3 is 2.57 bits per heavy atom. The van der Waals surface area contributed by atoms with Crippen LogP contribution in [0.4, 0.5) is 0 Å². The third kappa shape index (κ3) is 4.79. The van der Waals surface area contributed by atoms with Gasteiger partial charge in [0.05, 0.1) is 7.11 Å². The fourth-order valence-electron chi connectivity index (χ4n) is 4.11. The summed E-state index contributed by atoms with van der Waals surface area (Å²) < 4.78 is 33.8. The zero-order chi connectivity index (χ0) is 19.6. The van der Waals surface area contributed by atoms with Gasteiger partial charge < -0.3 is 15.4 Å². The molecule has 3 rings (SSSR count). The smallest absolute Gasteiger partial charge is 0.254 e. The molecular weight excluding hydrogens is 402 g/mol. The number of sulfonamides is 1. The molecule has 7 nitrogen and oxygen atoms in total. The van der Waals surface area contributed by atoms with Gasteiger partial charge in [0.1, 0.15) is 10.6 Å². The van der Waals surface area contributed by atoms with Crippen LogP contribution in [-0.2, 0) is 10.0 Å². The lowest BCUT2D eigenvalue weighted by molar-refractivity contribution is 0.0743. The van der Waals surface area contributed by atoms with Gasteiger partial charge in [-0.1, -0.05) is 12.8 Å². The number of benzene rings is 1. The number of methoxy groups -OCH3 is 1. The summed E-state index contributed by atoms with van der Waals surface area (Å²) in [5.74, 6) is 0.360. The van der Waals surface area contributed by atoms with Gasteiger partial charge in [-0.15, -0.1) is 12.4 Å². The zero-order valence-electron chi connectivity index (χ0n) is 16.4. The van der Waals surface area contributed by atoms with Crippen LogP contribution >= 0.6 is 12.4 Å². The minimum atomic E-state index is -3.76. The monoisotopic (exact) mass is 431 g/mol. The molecular formula is C19H30ClN3O4S. The number of nitrogens with two attached hydrogens (primary N) is 1. The van der Waals surface area contributed by atoms with E-state index in [0.29, 0.717) is 18.7 Å². The normalized spacial score (nSPS) is 22.9. The second kappa shape index (κ2) is 9.43. The summed E-state index contributed by atoms with van der Waals surface area (Å²) >= 11 is 0. The lowest BCUT2D eigenvalue weighted by Gasteiger charge is -2.22. The molecule has 2 fully saturated rings. The molecule has 2 aliphatic rings. The highest BCUT2D eigenvalue weighted by Gasteiger charge is 2.33. The molecule has 2 unspecified atom stereocenters. The highest BCUT2D eigenvalue weighted by atomic mass is 35.5. The zero-order valence-corrected chi connectivity index (χ0v) is 18.0. The van der Waals surface area contributed by atoms with Crippen LogP contribution in [0.25, 0.3) is 0 Å². The van der Waals surface area contributed by atoms with Crippen molar-refractivity contribution in [2.75, 3.05) is 20.2 Å². The van der Waals surface area contributed by atoms with Gasteiger partial charge in [0.15, 0.2) is 0 Å². The number of hydrogen-bond acceptors (Lipinski definition) is 5. The fourth-order valence-corrected chi connectivity index (χ4v) is 5.61. The first-order valence-corrected chi connectivity index (χ1v) is 11.1. The van der Waals surface area contributed by atoms with Gasteiger partial charge in [-0.25, -0.2) is 13.1 Å². The van der Waals surface area contributed by atoms with Gasteiger partial charge in [-0.3, -0.25) is 4.79 Å². The molecule has 0 aromatic heterocycles. The molecule has 0 radical (unpaired) electrons. The van der Waals surface area contributed by atoms with Crippen molar-refractivity contribution in [3.05, 3.63) is 23.8 Å². The number of hydrogen-bond donors (Lipinski definition) is 2. The van der Waals surface area contributed by atoms with Crippen molar-refractivity contribution < 1.29 is 17.9 Å². The number of carbonyl (C=O) groups excluding carboxylic acids is 1. The Hall–Kier alpha value is -1.35. The Balaban J connectivity index is 0.00000280. The van der Waals surface area contributed by atoms with Gasteiger partial charge in [0.2, 0.25) is 10.0 Å². The highest BCUT2D eigenvalue weighted by Crippen LogP contribution is 2.29. The standard InChI is InChI=1S/C19H29N3O4S.ClH/c1-13-9-14(11-20)12-22(13)19(23)15-7-8-17(26-2)18(10-15)27(24,25)21-16-5-3-4-6-16;/h7-8,10,13-14,16,21H,3-6,9,11-12,20H2,1-2H3;1H. The summed E-state index contributed by atoms with van der Waals surface area (Å²) in [6.07, 6.45) is 4.60. The van der Waals surface area contributed by atoms with Crippen molar-refractivity contribution in [3.8, 4) is 5.75 Å². The average Bonchev–Trinajstić information content (AvgIpc) is 3.29. The number of nitrogens with zero attached hydrogens (tertiary/aromatic N) is 1. The van der Waals surface area contributed by atoms with E-state index in [1.807, 2.05) is 6.92 Å². The van der Waals surface area contributed by atoms with Crippen LogP contribution in [0.1, 0.15) is 49.4 Å². The molecule has 1 heterocycles. The Kier molecular flexibility index (Phi) is 7.73. The lowest BCUT2D eigenvalue weighted by atomic mass is 10.1. The van der Waals surface area contributed by atoms with Crippen LogP contribution in [0.3, 0.4) is 0 Å². The molecule has 1 aromatic carbocycles. The largest absolute Gasteiger partial charge is 0.495 e. The Bertz CT molecular complexity index is 796. The SMILES string of the molecule is COc1ccc(C(=O)N2CC(CN)CC2C)cc1S(=O)(=O)NC1CCCC1.Cl. The maximum absolute atomic E-state index is 13.0. The maximum atomic E-state index is 13.0. The van der Waals surface area contributed by atoms with Crippen molar-refractivity contribution in [1.29, 1.82) is 0 Å². The molecule has 0 spiro atoms. The predicted molar refractivity (Wildman–Crippen MR) is 110 cm³/mol.